The van der Waals surface area contributed by atoms with Gasteiger partial charge in [0.25, 0.3) is 0 Å². The van der Waals surface area contributed by atoms with E-state index in [1.807, 2.05) is 32.3 Å². The van der Waals surface area contributed by atoms with Gasteiger partial charge in [0.15, 0.2) is 17.5 Å². The summed E-state index contributed by atoms with van der Waals surface area (Å²) in [6.45, 7) is 4.93. The maximum Gasteiger partial charge on any atom is 0.194 e. The van der Waals surface area contributed by atoms with Gasteiger partial charge in [0, 0.05) is 19.6 Å². The van der Waals surface area contributed by atoms with Crippen molar-refractivity contribution in [2.45, 2.75) is 25.5 Å². The van der Waals surface area contributed by atoms with Crippen LogP contribution in [0.15, 0.2) is 23.2 Å². The van der Waals surface area contributed by atoms with E-state index in [2.05, 4.69) is 22.0 Å². The fourth-order valence-electron chi connectivity index (χ4n) is 3.16. The Hall–Kier alpha value is -1.99. The molecule has 1 heterocycles. The molecule has 1 unspecified atom stereocenters. The third-order valence-corrected chi connectivity index (χ3v) is 4.63. The average molecular weight is 364 g/mol. The molecule has 0 aromatic heterocycles. The second-order valence-corrected chi connectivity index (χ2v) is 6.68. The number of nitrogens with one attached hydrogen (secondary N) is 1. The van der Waals surface area contributed by atoms with Crippen molar-refractivity contribution in [1.29, 1.82) is 0 Å². The molecule has 0 spiro atoms. The highest BCUT2D eigenvalue weighted by atomic mass is 16.5. The lowest BCUT2D eigenvalue weighted by atomic mass is 10.1. The van der Waals surface area contributed by atoms with Crippen LogP contribution in [0.25, 0.3) is 0 Å². The van der Waals surface area contributed by atoms with Crippen molar-refractivity contribution < 1.29 is 14.6 Å². The van der Waals surface area contributed by atoms with Gasteiger partial charge in [0.1, 0.15) is 0 Å². The van der Waals surface area contributed by atoms with Crippen LogP contribution in [0, 0.1) is 0 Å². The molecule has 1 aromatic rings. The Balaban J connectivity index is 2.21. The number of ether oxygens (including phenoxy) is 2. The number of rotatable bonds is 7. The summed E-state index contributed by atoms with van der Waals surface area (Å²) in [7, 11) is 7.37. The second-order valence-electron chi connectivity index (χ2n) is 6.68. The van der Waals surface area contributed by atoms with Gasteiger partial charge in [-0.25, -0.2) is 0 Å². The number of aliphatic hydroxyl groups is 1. The monoisotopic (exact) mass is 364 g/mol. The van der Waals surface area contributed by atoms with Crippen LogP contribution in [0.2, 0.25) is 0 Å². The molecule has 0 amide bonds. The Morgan fingerprint density at radius 1 is 1.35 bits per heavy atom. The zero-order valence-corrected chi connectivity index (χ0v) is 16.5. The van der Waals surface area contributed by atoms with Gasteiger partial charge in [-0.15, -0.1) is 0 Å². The Labute approximate surface area is 156 Å². The number of likely N-dealkylation sites (N-methyl/N-ethyl adjacent to an activating group) is 1. The first kappa shape index (κ1) is 20.3. The molecule has 2 N–H and O–H groups in total. The molecule has 26 heavy (non-hydrogen) atoms. The summed E-state index contributed by atoms with van der Waals surface area (Å²) >= 11 is 0. The van der Waals surface area contributed by atoms with E-state index in [0.29, 0.717) is 13.1 Å². The third kappa shape index (κ3) is 5.02. The number of benzene rings is 1. The fourth-order valence-corrected chi connectivity index (χ4v) is 3.16. The van der Waals surface area contributed by atoms with E-state index in [0.717, 1.165) is 42.5 Å². The van der Waals surface area contributed by atoms with Gasteiger partial charge in [-0.3, -0.25) is 4.99 Å². The Bertz CT molecular complexity index is 606. The van der Waals surface area contributed by atoms with Crippen molar-refractivity contribution in [2.75, 3.05) is 54.5 Å². The smallest absolute Gasteiger partial charge is 0.194 e. The minimum absolute atomic E-state index is 0.107. The summed E-state index contributed by atoms with van der Waals surface area (Å²) in [5, 5.41) is 13.1. The van der Waals surface area contributed by atoms with Crippen molar-refractivity contribution in [3.63, 3.8) is 0 Å². The molecule has 0 saturated carbocycles. The molecule has 1 aliphatic heterocycles. The normalized spacial score (nSPS) is 19.0. The molecule has 0 aliphatic carbocycles. The van der Waals surface area contributed by atoms with Crippen molar-refractivity contribution in [3.8, 4) is 11.5 Å². The van der Waals surface area contributed by atoms with Gasteiger partial charge >= 0.3 is 0 Å². The number of nitrogens with zero attached hydrogens (tertiary/aromatic N) is 3. The van der Waals surface area contributed by atoms with Gasteiger partial charge in [0.05, 0.1) is 32.9 Å². The minimum Gasteiger partial charge on any atom is -0.493 e. The molecule has 0 bridgehead atoms. The molecule has 2 rings (SSSR count). The minimum atomic E-state index is -0.269. The van der Waals surface area contributed by atoms with Gasteiger partial charge in [0.2, 0.25) is 0 Å². The topological polar surface area (TPSA) is 69.6 Å². The number of aliphatic hydroxyl groups excluding tert-OH is 1. The molecule has 7 heteroatoms. The summed E-state index contributed by atoms with van der Waals surface area (Å²) < 4.78 is 10.8. The standard InChI is InChI=1S/C19H32N4O3/c1-6-20-19(23-10-9-15(24)13-23)21-12-16(22(2)3)14-7-8-17(25-4)18(11-14)26-5/h7-8,11,15-16,24H,6,9-10,12-13H2,1-5H3,(H,20,21)/t15-,16?/m1/s1. The first-order chi connectivity index (χ1) is 12.5. The number of aliphatic imine (C=N–C) groups is 1. The Morgan fingerprint density at radius 3 is 2.62 bits per heavy atom. The molecule has 1 aliphatic rings. The van der Waals surface area contributed by atoms with E-state index in [9.17, 15) is 5.11 Å². The van der Waals surface area contributed by atoms with Crippen molar-refractivity contribution >= 4 is 5.96 Å². The van der Waals surface area contributed by atoms with Crippen LogP contribution in [0.3, 0.4) is 0 Å². The third-order valence-electron chi connectivity index (χ3n) is 4.63. The second kappa shape index (κ2) is 9.64. The molecule has 146 valence electrons. The first-order valence-electron chi connectivity index (χ1n) is 9.09. The van der Waals surface area contributed by atoms with E-state index in [4.69, 9.17) is 14.5 Å². The van der Waals surface area contributed by atoms with Crippen molar-refractivity contribution in [3.05, 3.63) is 23.8 Å². The number of β-amino-alcohol motifs (C(OH)–C–C–N with tert-alkyl or cyclic N) is 1. The number of hydrogen-bond donors (Lipinski definition) is 2. The van der Waals surface area contributed by atoms with E-state index >= 15 is 0 Å². The number of methoxy groups -OCH3 is 2. The summed E-state index contributed by atoms with van der Waals surface area (Å²) in [4.78, 5) is 9.10. The first-order valence-corrected chi connectivity index (χ1v) is 9.09. The van der Waals surface area contributed by atoms with Crippen LogP contribution in [-0.4, -0.2) is 81.5 Å². The van der Waals surface area contributed by atoms with Crippen LogP contribution in [0.4, 0.5) is 0 Å². The maximum atomic E-state index is 9.81. The van der Waals surface area contributed by atoms with Crippen LogP contribution >= 0.6 is 0 Å². The average Bonchev–Trinajstić information content (AvgIpc) is 3.06. The highest BCUT2D eigenvalue weighted by Crippen LogP contribution is 2.31. The number of guanidine groups is 1. The number of likely N-dealkylation sites (tertiary alicyclic amines) is 1. The molecule has 0 radical (unpaired) electrons. The van der Waals surface area contributed by atoms with Crippen molar-refractivity contribution in [2.24, 2.45) is 4.99 Å². The van der Waals surface area contributed by atoms with Gasteiger partial charge < -0.3 is 29.7 Å². The lowest BCUT2D eigenvalue weighted by Crippen LogP contribution is -2.41. The van der Waals surface area contributed by atoms with E-state index in [1.165, 1.54) is 0 Å². The van der Waals surface area contributed by atoms with E-state index in [1.54, 1.807) is 14.2 Å². The molecular formula is C19H32N4O3. The highest BCUT2D eigenvalue weighted by molar-refractivity contribution is 5.80. The zero-order valence-electron chi connectivity index (χ0n) is 16.5. The highest BCUT2D eigenvalue weighted by Gasteiger charge is 2.23. The predicted molar refractivity (Wildman–Crippen MR) is 104 cm³/mol. The molecular weight excluding hydrogens is 332 g/mol. The van der Waals surface area contributed by atoms with Crippen LogP contribution < -0.4 is 14.8 Å². The zero-order chi connectivity index (χ0) is 19.1. The van der Waals surface area contributed by atoms with Crippen LogP contribution in [-0.2, 0) is 0 Å². The summed E-state index contributed by atoms with van der Waals surface area (Å²) in [5.74, 6) is 2.29. The van der Waals surface area contributed by atoms with Crippen LogP contribution in [0.1, 0.15) is 24.9 Å². The molecule has 1 saturated heterocycles. The summed E-state index contributed by atoms with van der Waals surface area (Å²) in [5.41, 5.74) is 1.12. The van der Waals surface area contributed by atoms with E-state index < -0.39 is 0 Å². The predicted octanol–water partition coefficient (Wildman–Crippen LogP) is 1.34. The SMILES string of the molecule is CCNC(=NCC(c1ccc(OC)c(OC)c1)N(C)C)N1CC[C@@H](O)C1. The molecule has 1 fully saturated rings. The maximum absolute atomic E-state index is 9.81. The Morgan fingerprint density at radius 2 is 2.08 bits per heavy atom. The lowest BCUT2D eigenvalue weighted by molar-refractivity contribution is 0.187. The number of hydrogen-bond acceptors (Lipinski definition) is 5. The van der Waals surface area contributed by atoms with Gasteiger partial charge in [-0.05, 0) is 45.1 Å². The van der Waals surface area contributed by atoms with Crippen molar-refractivity contribution in [1.82, 2.24) is 15.1 Å². The lowest BCUT2D eigenvalue weighted by Gasteiger charge is -2.26. The largest absolute Gasteiger partial charge is 0.493 e. The molecule has 1 aromatic carbocycles. The van der Waals surface area contributed by atoms with E-state index in [-0.39, 0.29) is 12.1 Å². The molecule has 2 atom stereocenters. The van der Waals surface area contributed by atoms with Crippen LogP contribution in [0.5, 0.6) is 11.5 Å². The quantitative estimate of drug-likeness (QED) is 0.562. The summed E-state index contributed by atoms with van der Waals surface area (Å²) in [6.07, 6.45) is 0.520. The van der Waals surface area contributed by atoms with Gasteiger partial charge in [-0.2, -0.15) is 0 Å². The summed E-state index contributed by atoms with van der Waals surface area (Å²) in [6, 6.07) is 6.09. The Kier molecular flexibility index (Phi) is 7.53. The van der Waals surface area contributed by atoms with Gasteiger partial charge in [-0.1, -0.05) is 6.07 Å². The fraction of sp³-hybridized carbons (Fsp3) is 0.632. The molecule has 7 nitrogen and oxygen atoms in total.